The van der Waals surface area contributed by atoms with Crippen LogP contribution in [0.2, 0.25) is 0 Å². The smallest absolute Gasteiger partial charge is 0.323 e. The van der Waals surface area contributed by atoms with Crippen molar-refractivity contribution in [2.75, 3.05) is 18.0 Å². The molecular weight excluding hydrogens is 274 g/mol. The maximum atomic E-state index is 12.0. The summed E-state index contributed by atoms with van der Waals surface area (Å²) >= 11 is 0. The third-order valence-electron chi connectivity index (χ3n) is 3.57. The van der Waals surface area contributed by atoms with Crippen LogP contribution in [-0.4, -0.2) is 41.0 Å². The van der Waals surface area contributed by atoms with Crippen LogP contribution in [-0.2, 0) is 16.0 Å². The van der Waals surface area contributed by atoms with Crippen LogP contribution in [0.1, 0.15) is 34.3 Å². The predicted octanol–water partition coefficient (Wildman–Crippen LogP) is 1.49. The monoisotopic (exact) mass is 291 g/mol. The Morgan fingerprint density at radius 2 is 1.76 bits per heavy atom. The number of carboxylic acid groups (broad SMARTS) is 2. The Labute approximate surface area is 122 Å². The minimum absolute atomic E-state index is 0.0306. The molecule has 0 unspecified atom stereocenters. The molecule has 0 saturated carbocycles. The van der Waals surface area contributed by atoms with Gasteiger partial charge in [0, 0.05) is 17.7 Å². The van der Waals surface area contributed by atoms with Crippen LogP contribution in [0.25, 0.3) is 0 Å². The molecule has 6 heteroatoms. The fraction of sp³-hybridized carbons (Fsp3) is 0.400. The highest BCUT2D eigenvalue weighted by molar-refractivity contribution is 5.99. The first-order chi connectivity index (χ1) is 9.88. The number of hydrogen-bond acceptors (Lipinski definition) is 4. The lowest BCUT2D eigenvalue weighted by Gasteiger charge is -2.25. The fourth-order valence-electron chi connectivity index (χ4n) is 2.69. The second kappa shape index (κ2) is 5.95. The van der Waals surface area contributed by atoms with Crippen LogP contribution >= 0.6 is 0 Å². The Hall–Kier alpha value is -2.37. The Balaban J connectivity index is 2.44. The molecule has 2 rings (SSSR count). The van der Waals surface area contributed by atoms with Crippen molar-refractivity contribution >= 4 is 23.4 Å². The molecule has 0 bridgehead atoms. The lowest BCUT2D eigenvalue weighted by molar-refractivity contribution is -0.136. The van der Waals surface area contributed by atoms with E-state index in [4.69, 9.17) is 10.2 Å². The van der Waals surface area contributed by atoms with Crippen molar-refractivity contribution in [3.63, 3.8) is 0 Å². The molecule has 1 aliphatic carbocycles. The number of carbonyl (C=O) groups is 3. The van der Waals surface area contributed by atoms with Crippen LogP contribution in [0, 0.1) is 6.92 Å². The predicted molar refractivity (Wildman–Crippen MR) is 75.9 cm³/mol. The molecule has 21 heavy (non-hydrogen) atoms. The molecular formula is C15H17NO5. The Morgan fingerprint density at radius 1 is 1.14 bits per heavy atom. The molecule has 0 amide bonds. The second-order valence-electron chi connectivity index (χ2n) is 5.22. The van der Waals surface area contributed by atoms with Crippen molar-refractivity contribution in [2.24, 2.45) is 0 Å². The van der Waals surface area contributed by atoms with E-state index in [0.29, 0.717) is 17.7 Å². The van der Waals surface area contributed by atoms with Gasteiger partial charge < -0.3 is 15.1 Å². The summed E-state index contributed by atoms with van der Waals surface area (Å²) in [5, 5.41) is 17.9. The summed E-state index contributed by atoms with van der Waals surface area (Å²) in [4.78, 5) is 35.1. The number of aliphatic carboxylic acids is 2. The molecule has 0 radical (unpaired) electrons. The van der Waals surface area contributed by atoms with E-state index in [1.54, 1.807) is 13.0 Å². The molecule has 0 atom stereocenters. The highest BCUT2D eigenvalue weighted by Crippen LogP contribution is 2.29. The van der Waals surface area contributed by atoms with E-state index in [-0.39, 0.29) is 5.78 Å². The zero-order valence-electron chi connectivity index (χ0n) is 11.8. The minimum Gasteiger partial charge on any atom is -0.480 e. The van der Waals surface area contributed by atoms with Crippen molar-refractivity contribution in [2.45, 2.75) is 26.2 Å². The second-order valence-corrected chi connectivity index (χ2v) is 5.22. The van der Waals surface area contributed by atoms with Crippen LogP contribution in [0.15, 0.2) is 12.1 Å². The van der Waals surface area contributed by atoms with E-state index in [0.717, 1.165) is 24.0 Å². The van der Waals surface area contributed by atoms with Gasteiger partial charge in [-0.05, 0) is 37.0 Å². The van der Waals surface area contributed by atoms with Gasteiger partial charge in [-0.25, -0.2) is 0 Å². The van der Waals surface area contributed by atoms with Gasteiger partial charge in [-0.15, -0.1) is 0 Å². The van der Waals surface area contributed by atoms with Crippen molar-refractivity contribution < 1.29 is 24.6 Å². The standard InChI is InChI=1S/C15H17NO5/c1-9-5-10-3-2-4-13(17)11(10)6-12(9)16(7-14(18)19)8-15(20)21/h5-6H,2-4,7-8H2,1H3,(H,18,19)(H,20,21). The number of carboxylic acids is 2. The van der Waals surface area contributed by atoms with Gasteiger partial charge in [0.25, 0.3) is 0 Å². The number of anilines is 1. The molecule has 1 aromatic rings. The summed E-state index contributed by atoms with van der Waals surface area (Å²) in [6, 6.07) is 3.50. The third kappa shape index (κ3) is 3.39. The number of nitrogens with zero attached hydrogens (tertiary/aromatic N) is 1. The van der Waals surface area contributed by atoms with Crippen LogP contribution in [0.4, 0.5) is 5.69 Å². The average Bonchev–Trinajstić information content (AvgIpc) is 2.36. The van der Waals surface area contributed by atoms with Gasteiger partial charge in [0.15, 0.2) is 5.78 Å². The van der Waals surface area contributed by atoms with E-state index < -0.39 is 25.0 Å². The molecule has 112 valence electrons. The Kier molecular flexibility index (Phi) is 4.26. The van der Waals surface area contributed by atoms with Crippen molar-refractivity contribution in [1.82, 2.24) is 0 Å². The first-order valence-electron chi connectivity index (χ1n) is 6.73. The number of aryl methyl sites for hydroxylation is 2. The number of ketones is 1. The van der Waals surface area contributed by atoms with E-state index in [1.165, 1.54) is 4.90 Å². The van der Waals surface area contributed by atoms with Gasteiger partial charge in [0.05, 0.1) is 0 Å². The molecule has 1 aromatic carbocycles. The van der Waals surface area contributed by atoms with Crippen LogP contribution in [0.5, 0.6) is 0 Å². The first kappa shape index (κ1) is 15.0. The Morgan fingerprint density at radius 3 is 2.33 bits per heavy atom. The normalized spacial score (nSPS) is 13.7. The molecule has 0 aromatic heterocycles. The molecule has 0 fully saturated rings. The van der Waals surface area contributed by atoms with E-state index in [1.807, 2.05) is 6.07 Å². The van der Waals surface area contributed by atoms with Crippen LogP contribution < -0.4 is 4.90 Å². The fourth-order valence-corrected chi connectivity index (χ4v) is 2.69. The maximum Gasteiger partial charge on any atom is 0.323 e. The first-order valence-corrected chi connectivity index (χ1v) is 6.73. The van der Waals surface area contributed by atoms with Gasteiger partial charge in [-0.3, -0.25) is 14.4 Å². The van der Waals surface area contributed by atoms with Crippen molar-refractivity contribution in [1.29, 1.82) is 0 Å². The summed E-state index contributed by atoms with van der Waals surface area (Å²) in [5.74, 6) is -2.19. The maximum absolute atomic E-state index is 12.0. The summed E-state index contributed by atoms with van der Waals surface area (Å²) in [6.07, 6.45) is 2.12. The van der Waals surface area contributed by atoms with E-state index >= 15 is 0 Å². The minimum atomic E-state index is -1.11. The molecule has 2 N–H and O–H groups in total. The molecule has 0 spiro atoms. The van der Waals surface area contributed by atoms with Gasteiger partial charge in [0.1, 0.15) is 13.1 Å². The largest absolute Gasteiger partial charge is 0.480 e. The summed E-state index contributed by atoms with van der Waals surface area (Å²) in [5.41, 5.74) is 2.82. The third-order valence-corrected chi connectivity index (χ3v) is 3.57. The molecule has 1 aliphatic rings. The number of fused-ring (bicyclic) bond motifs is 1. The van der Waals surface area contributed by atoms with Crippen molar-refractivity contribution in [3.8, 4) is 0 Å². The topological polar surface area (TPSA) is 94.9 Å². The molecule has 0 saturated heterocycles. The SMILES string of the molecule is Cc1cc2c(cc1N(CC(=O)O)CC(=O)O)C(=O)CCC2. The van der Waals surface area contributed by atoms with Gasteiger partial charge in [0.2, 0.25) is 0 Å². The number of benzene rings is 1. The highest BCUT2D eigenvalue weighted by Gasteiger charge is 2.22. The summed E-state index contributed by atoms with van der Waals surface area (Å²) in [7, 11) is 0. The number of rotatable bonds is 5. The zero-order valence-corrected chi connectivity index (χ0v) is 11.8. The average molecular weight is 291 g/mol. The van der Waals surface area contributed by atoms with Crippen LogP contribution in [0.3, 0.4) is 0 Å². The number of Topliss-reactive ketones (excluding diaryl/α,β-unsaturated/α-hetero) is 1. The lowest BCUT2D eigenvalue weighted by Crippen LogP contribution is -2.35. The lowest BCUT2D eigenvalue weighted by atomic mass is 9.88. The summed E-state index contributed by atoms with van der Waals surface area (Å²) in [6.45, 7) is 0.964. The highest BCUT2D eigenvalue weighted by atomic mass is 16.4. The number of carbonyl (C=O) groups excluding carboxylic acids is 1. The van der Waals surface area contributed by atoms with Gasteiger partial charge in [-0.2, -0.15) is 0 Å². The van der Waals surface area contributed by atoms with Crippen molar-refractivity contribution in [3.05, 3.63) is 28.8 Å². The van der Waals surface area contributed by atoms with Gasteiger partial charge in [-0.1, -0.05) is 6.07 Å². The van der Waals surface area contributed by atoms with E-state index in [9.17, 15) is 14.4 Å². The molecule has 6 nitrogen and oxygen atoms in total. The molecule has 0 heterocycles. The molecule has 0 aliphatic heterocycles. The summed E-state index contributed by atoms with van der Waals surface area (Å²) < 4.78 is 0. The zero-order chi connectivity index (χ0) is 15.6. The quantitative estimate of drug-likeness (QED) is 0.853. The van der Waals surface area contributed by atoms with E-state index in [2.05, 4.69) is 0 Å². The van der Waals surface area contributed by atoms with Gasteiger partial charge >= 0.3 is 11.9 Å². The Bertz CT molecular complexity index is 592. The number of hydrogen-bond donors (Lipinski definition) is 2.